The monoisotopic (exact) mass is 344 g/mol. The van der Waals surface area contributed by atoms with Gasteiger partial charge in [0.05, 0.1) is 18.7 Å². The molecule has 0 spiro atoms. The Labute approximate surface area is 140 Å². The summed E-state index contributed by atoms with van der Waals surface area (Å²) in [6, 6.07) is 4.65. The van der Waals surface area contributed by atoms with Crippen LogP contribution in [0.3, 0.4) is 0 Å². The number of nitrogens with one attached hydrogen (secondary N) is 1. The van der Waals surface area contributed by atoms with Crippen molar-refractivity contribution in [2.45, 2.75) is 37.9 Å². The second-order valence-corrected chi connectivity index (χ2v) is 6.36. The van der Waals surface area contributed by atoms with E-state index < -0.39 is 12.1 Å². The van der Waals surface area contributed by atoms with Crippen LogP contribution in [-0.2, 0) is 0 Å². The third-order valence-corrected chi connectivity index (χ3v) is 4.35. The lowest BCUT2D eigenvalue weighted by Gasteiger charge is -2.32. The van der Waals surface area contributed by atoms with Crippen molar-refractivity contribution in [1.29, 1.82) is 0 Å². The molecule has 0 aromatic heterocycles. The van der Waals surface area contributed by atoms with Gasteiger partial charge in [-0.3, -0.25) is 4.79 Å². The van der Waals surface area contributed by atoms with Crippen molar-refractivity contribution in [3.8, 4) is 5.75 Å². The van der Waals surface area contributed by atoms with Gasteiger partial charge in [-0.05, 0) is 37.5 Å². The molecule has 134 valence electrons. The van der Waals surface area contributed by atoms with Gasteiger partial charge in [-0.25, -0.2) is 0 Å². The van der Waals surface area contributed by atoms with Gasteiger partial charge in [0.25, 0.3) is 5.91 Å². The molecule has 4 nitrogen and oxygen atoms in total. The molecule has 0 saturated heterocycles. The molecule has 1 fully saturated rings. The van der Waals surface area contributed by atoms with E-state index in [0.29, 0.717) is 29.8 Å². The van der Waals surface area contributed by atoms with Crippen molar-refractivity contribution in [1.82, 2.24) is 4.90 Å². The fraction of sp³-hybridized carbons (Fsp3) is 0.588. The van der Waals surface area contributed by atoms with E-state index in [1.807, 2.05) is 0 Å². The number of carbonyl (C=O) groups is 1. The van der Waals surface area contributed by atoms with Crippen LogP contribution in [0.5, 0.6) is 5.75 Å². The van der Waals surface area contributed by atoms with Crippen molar-refractivity contribution < 1.29 is 22.7 Å². The maximum atomic E-state index is 13.0. The van der Waals surface area contributed by atoms with Gasteiger partial charge in [0, 0.05) is 25.7 Å². The first-order chi connectivity index (χ1) is 11.2. The lowest BCUT2D eigenvalue weighted by atomic mass is 9.85. The zero-order chi connectivity index (χ0) is 17.9. The number of rotatable bonds is 4. The Balaban J connectivity index is 2.18. The average molecular weight is 344 g/mol. The van der Waals surface area contributed by atoms with Crippen LogP contribution in [0.15, 0.2) is 18.2 Å². The molecule has 1 aliphatic rings. The third kappa shape index (κ3) is 4.33. The minimum absolute atomic E-state index is 0.0402. The highest BCUT2D eigenvalue weighted by Crippen LogP contribution is 2.39. The first kappa shape index (κ1) is 18.4. The van der Waals surface area contributed by atoms with E-state index >= 15 is 0 Å². The molecule has 1 N–H and O–H groups in total. The van der Waals surface area contributed by atoms with Crippen molar-refractivity contribution in [2.75, 3.05) is 26.5 Å². The zero-order valence-electron chi connectivity index (χ0n) is 14.1. The van der Waals surface area contributed by atoms with Gasteiger partial charge in [0.15, 0.2) is 0 Å². The average Bonchev–Trinajstić information content (AvgIpc) is 2.53. The van der Waals surface area contributed by atoms with Crippen LogP contribution in [0.25, 0.3) is 0 Å². The van der Waals surface area contributed by atoms with Crippen LogP contribution in [0, 0.1) is 5.92 Å². The summed E-state index contributed by atoms with van der Waals surface area (Å²) in [6.07, 6.45) is -2.74. The Morgan fingerprint density at radius 2 is 2.00 bits per heavy atom. The van der Waals surface area contributed by atoms with Gasteiger partial charge < -0.3 is 15.0 Å². The SMILES string of the molecule is COc1ccc(C(=O)N(C)C)cc1N[C@H]1CCC[C@H](C(F)(F)F)C1. The summed E-state index contributed by atoms with van der Waals surface area (Å²) in [7, 11) is 4.79. The Bertz CT molecular complexity index is 588. The first-order valence-electron chi connectivity index (χ1n) is 7.95. The molecule has 0 bridgehead atoms. The molecule has 1 aromatic carbocycles. The third-order valence-electron chi connectivity index (χ3n) is 4.35. The highest BCUT2D eigenvalue weighted by atomic mass is 19.4. The highest BCUT2D eigenvalue weighted by molar-refractivity contribution is 5.95. The molecule has 2 atom stereocenters. The summed E-state index contributed by atoms with van der Waals surface area (Å²) in [5.74, 6) is -0.932. The second-order valence-electron chi connectivity index (χ2n) is 6.36. The summed E-state index contributed by atoms with van der Waals surface area (Å²) in [4.78, 5) is 13.5. The van der Waals surface area contributed by atoms with Crippen LogP contribution >= 0.6 is 0 Å². The smallest absolute Gasteiger partial charge is 0.391 e. The number of nitrogens with zero attached hydrogens (tertiary/aromatic N) is 1. The predicted molar refractivity (Wildman–Crippen MR) is 86.4 cm³/mol. The van der Waals surface area contributed by atoms with Gasteiger partial charge in [0.2, 0.25) is 0 Å². The zero-order valence-corrected chi connectivity index (χ0v) is 14.1. The molecular formula is C17H23F3N2O2. The molecule has 7 heteroatoms. The highest BCUT2D eigenvalue weighted by Gasteiger charge is 2.42. The van der Waals surface area contributed by atoms with Crippen LogP contribution in [0.1, 0.15) is 36.0 Å². The first-order valence-corrected chi connectivity index (χ1v) is 7.95. The Morgan fingerprint density at radius 1 is 1.29 bits per heavy atom. The quantitative estimate of drug-likeness (QED) is 0.900. The summed E-state index contributed by atoms with van der Waals surface area (Å²) in [5.41, 5.74) is 1.02. The fourth-order valence-electron chi connectivity index (χ4n) is 3.05. The topological polar surface area (TPSA) is 41.6 Å². The normalized spacial score (nSPS) is 21.2. The Hall–Kier alpha value is -1.92. The van der Waals surface area contributed by atoms with Gasteiger partial charge in [-0.1, -0.05) is 6.42 Å². The molecular weight excluding hydrogens is 321 g/mol. The van der Waals surface area contributed by atoms with Crippen molar-refractivity contribution in [3.63, 3.8) is 0 Å². The molecule has 0 radical (unpaired) electrons. The number of ether oxygens (including phenoxy) is 1. The molecule has 2 rings (SSSR count). The molecule has 1 aromatic rings. The van der Waals surface area contributed by atoms with E-state index in [4.69, 9.17) is 4.74 Å². The molecule has 1 amide bonds. The second kappa shape index (κ2) is 7.32. The van der Waals surface area contributed by atoms with Crippen LogP contribution in [0.2, 0.25) is 0 Å². The lowest BCUT2D eigenvalue weighted by molar-refractivity contribution is -0.182. The van der Waals surface area contributed by atoms with E-state index in [1.54, 1.807) is 32.3 Å². The number of anilines is 1. The van der Waals surface area contributed by atoms with Gasteiger partial charge in [0.1, 0.15) is 5.75 Å². The number of carbonyl (C=O) groups excluding carboxylic acids is 1. The van der Waals surface area contributed by atoms with Crippen LogP contribution in [0.4, 0.5) is 18.9 Å². The fourth-order valence-corrected chi connectivity index (χ4v) is 3.05. The summed E-state index contributed by atoms with van der Waals surface area (Å²) < 4.78 is 44.1. The number of alkyl halides is 3. The van der Waals surface area contributed by atoms with Gasteiger partial charge in [-0.2, -0.15) is 13.2 Å². The molecule has 0 unspecified atom stereocenters. The lowest BCUT2D eigenvalue weighted by Crippen LogP contribution is -2.34. The largest absolute Gasteiger partial charge is 0.495 e. The number of amides is 1. The minimum atomic E-state index is -4.16. The predicted octanol–water partition coefficient (Wildman–Crippen LogP) is 3.93. The maximum Gasteiger partial charge on any atom is 0.391 e. The summed E-state index contributed by atoms with van der Waals surface area (Å²) in [6.45, 7) is 0. The van der Waals surface area contributed by atoms with E-state index in [1.165, 1.54) is 12.0 Å². The van der Waals surface area contributed by atoms with Crippen LogP contribution in [-0.4, -0.2) is 44.2 Å². The number of benzene rings is 1. The van der Waals surface area contributed by atoms with E-state index in [-0.39, 0.29) is 24.8 Å². The van der Waals surface area contributed by atoms with Crippen molar-refractivity contribution in [3.05, 3.63) is 23.8 Å². The standard InChI is InChI=1S/C17H23F3N2O2/c1-22(2)16(23)11-7-8-15(24-3)14(9-11)21-13-6-4-5-12(10-13)17(18,19)20/h7-9,12-13,21H,4-6,10H2,1-3H3/t12-,13-/m0/s1. The van der Waals surface area contributed by atoms with E-state index in [0.717, 1.165) is 0 Å². The molecule has 1 saturated carbocycles. The maximum absolute atomic E-state index is 13.0. The minimum Gasteiger partial charge on any atom is -0.495 e. The molecule has 1 aliphatic carbocycles. The van der Waals surface area contributed by atoms with Gasteiger partial charge >= 0.3 is 6.18 Å². The molecule has 24 heavy (non-hydrogen) atoms. The Kier molecular flexibility index (Phi) is 5.62. The van der Waals surface area contributed by atoms with Crippen molar-refractivity contribution >= 4 is 11.6 Å². The number of halogens is 3. The Morgan fingerprint density at radius 3 is 2.58 bits per heavy atom. The number of hydrogen-bond donors (Lipinski definition) is 1. The summed E-state index contributed by atoms with van der Waals surface area (Å²) >= 11 is 0. The van der Waals surface area contributed by atoms with Crippen LogP contribution < -0.4 is 10.1 Å². The van der Waals surface area contributed by atoms with Gasteiger partial charge in [-0.15, -0.1) is 0 Å². The van der Waals surface area contributed by atoms with Crippen molar-refractivity contribution in [2.24, 2.45) is 5.92 Å². The van der Waals surface area contributed by atoms with E-state index in [9.17, 15) is 18.0 Å². The number of methoxy groups -OCH3 is 1. The summed E-state index contributed by atoms with van der Waals surface area (Å²) in [5, 5.41) is 3.14. The van der Waals surface area contributed by atoms with E-state index in [2.05, 4.69) is 5.32 Å². The number of hydrogen-bond acceptors (Lipinski definition) is 3. The molecule has 0 aliphatic heterocycles. The molecule has 0 heterocycles.